The summed E-state index contributed by atoms with van der Waals surface area (Å²) in [6.45, 7) is 1.78. The number of methoxy groups -OCH3 is 1. The Balaban J connectivity index is 1.74. The van der Waals surface area contributed by atoms with E-state index in [1.165, 1.54) is 38.4 Å². The Morgan fingerprint density at radius 3 is 2.50 bits per heavy atom. The number of benzene rings is 1. The van der Waals surface area contributed by atoms with Crippen LogP contribution in [0.15, 0.2) is 35.3 Å². The summed E-state index contributed by atoms with van der Waals surface area (Å²) in [7, 11) is 3.25. The molecule has 0 aliphatic heterocycles. The largest absolute Gasteiger partial charge is 0.469 e. The van der Waals surface area contributed by atoms with E-state index in [2.05, 4.69) is 50.7 Å². The summed E-state index contributed by atoms with van der Waals surface area (Å²) in [4.78, 5) is 15.4. The van der Waals surface area contributed by atoms with Gasteiger partial charge in [0.25, 0.3) is 0 Å². The van der Waals surface area contributed by atoms with Crippen LogP contribution in [-0.2, 0) is 14.9 Å². The lowest BCUT2D eigenvalue weighted by Gasteiger charge is -2.30. The van der Waals surface area contributed by atoms with Crippen LogP contribution in [0.3, 0.4) is 0 Å². The lowest BCUT2D eigenvalue weighted by molar-refractivity contribution is -0.140. The molecular formula is C21H33N3O2. The summed E-state index contributed by atoms with van der Waals surface area (Å²) in [5, 5.41) is 6.92. The molecule has 0 saturated heterocycles. The van der Waals surface area contributed by atoms with Crippen molar-refractivity contribution in [2.75, 3.05) is 27.2 Å². The van der Waals surface area contributed by atoms with Gasteiger partial charge in [0, 0.05) is 32.0 Å². The molecule has 0 radical (unpaired) electrons. The summed E-state index contributed by atoms with van der Waals surface area (Å²) < 4.78 is 4.66. The smallest absolute Gasteiger partial charge is 0.305 e. The van der Waals surface area contributed by atoms with Crippen LogP contribution in [0, 0.1) is 0 Å². The Hall–Kier alpha value is -2.04. The van der Waals surface area contributed by atoms with Gasteiger partial charge in [-0.05, 0) is 31.2 Å². The molecule has 1 aliphatic carbocycles. The van der Waals surface area contributed by atoms with Gasteiger partial charge < -0.3 is 15.4 Å². The molecule has 0 spiro atoms. The molecule has 5 heteroatoms. The topological polar surface area (TPSA) is 62.7 Å². The average Bonchev–Trinajstić information content (AvgIpc) is 3.17. The van der Waals surface area contributed by atoms with Gasteiger partial charge in [0.05, 0.1) is 7.11 Å². The molecule has 0 bridgehead atoms. The van der Waals surface area contributed by atoms with Gasteiger partial charge >= 0.3 is 5.97 Å². The van der Waals surface area contributed by atoms with Gasteiger partial charge in [0.1, 0.15) is 0 Å². The Morgan fingerprint density at radius 2 is 1.85 bits per heavy atom. The molecule has 1 fully saturated rings. The number of rotatable bonds is 9. The third kappa shape index (κ3) is 6.04. The summed E-state index contributed by atoms with van der Waals surface area (Å²) in [6.07, 6.45) is 8.45. The maximum Gasteiger partial charge on any atom is 0.305 e. The number of hydrogen-bond donors (Lipinski definition) is 2. The van der Waals surface area contributed by atoms with Crippen molar-refractivity contribution >= 4 is 11.9 Å². The van der Waals surface area contributed by atoms with Crippen LogP contribution >= 0.6 is 0 Å². The number of nitrogens with one attached hydrogen (secondary N) is 2. The van der Waals surface area contributed by atoms with E-state index in [0.29, 0.717) is 6.42 Å². The second-order valence-electron chi connectivity index (χ2n) is 7.09. The van der Waals surface area contributed by atoms with E-state index in [9.17, 15) is 4.79 Å². The number of nitrogens with zero attached hydrogens (tertiary/aromatic N) is 1. The minimum absolute atomic E-state index is 0.127. The Kier molecular flexibility index (Phi) is 8.45. The monoisotopic (exact) mass is 359 g/mol. The van der Waals surface area contributed by atoms with E-state index in [1.807, 2.05) is 7.05 Å². The second-order valence-corrected chi connectivity index (χ2v) is 7.09. The summed E-state index contributed by atoms with van der Waals surface area (Å²) >= 11 is 0. The van der Waals surface area contributed by atoms with E-state index >= 15 is 0 Å². The highest BCUT2D eigenvalue weighted by atomic mass is 16.5. The third-order valence-electron chi connectivity index (χ3n) is 5.34. The molecule has 1 aromatic rings. The number of esters is 1. The van der Waals surface area contributed by atoms with Crippen molar-refractivity contribution in [1.29, 1.82) is 0 Å². The highest BCUT2D eigenvalue weighted by Gasteiger charge is 2.35. The fourth-order valence-electron chi connectivity index (χ4n) is 3.76. The molecule has 26 heavy (non-hydrogen) atoms. The standard InChI is InChI=1S/C21H33N3O2/c1-22-20(23-16-10-4-7-13-19(25)26-2)24-17-21(14-8-9-15-21)18-11-5-3-6-12-18/h3,5-6,11-12H,4,7-10,13-17H2,1-2H3,(H2,22,23,24). The number of carbonyl (C=O) groups excluding carboxylic acids is 1. The lowest BCUT2D eigenvalue weighted by Crippen LogP contribution is -2.45. The van der Waals surface area contributed by atoms with Crippen LogP contribution in [0.5, 0.6) is 0 Å². The van der Waals surface area contributed by atoms with Gasteiger partial charge in [-0.25, -0.2) is 0 Å². The lowest BCUT2D eigenvalue weighted by atomic mass is 9.79. The number of aliphatic imine (C=N–C) groups is 1. The first-order valence-corrected chi connectivity index (χ1v) is 9.77. The Bertz CT molecular complexity index is 566. The first-order valence-electron chi connectivity index (χ1n) is 9.77. The van der Waals surface area contributed by atoms with Crippen LogP contribution in [0.25, 0.3) is 0 Å². The molecule has 0 unspecified atom stereocenters. The molecule has 144 valence electrons. The van der Waals surface area contributed by atoms with Crippen LogP contribution < -0.4 is 10.6 Å². The van der Waals surface area contributed by atoms with E-state index in [0.717, 1.165) is 38.3 Å². The number of ether oxygens (including phenoxy) is 1. The maximum absolute atomic E-state index is 11.1. The average molecular weight is 360 g/mol. The van der Waals surface area contributed by atoms with Crippen molar-refractivity contribution < 1.29 is 9.53 Å². The van der Waals surface area contributed by atoms with E-state index in [4.69, 9.17) is 0 Å². The van der Waals surface area contributed by atoms with E-state index < -0.39 is 0 Å². The number of hydrogen-bond acceptors (Lipinski definition) is 3. The van der Waals surface area contributed by atoms with Crippen LogP contribution in [0.2, 0.25) is 0 Å². The van der Waals surface area contributed by atoms with Crippen LogP contribution in [0.4, 0.5) is 0 Å². The highest BCUT2D eigenvalue weighted by Crippen LogP contribution is 2.40. The maximum atomic E-state index is 11.1. The molecule has 1 saturated carbocycles. The normalized spacial score (nSPS) is 16.3. The molecule has 5 nitrogen and oxygen atoms in total. The van der Waals surface area contributed by atoms with E-state index in [1.54, 1.807) is 0 Å². The minimum Gasteiger partial charge on any atom is -0.469 e. The van der Waals surface area contributed by atoms with Crippen molar-refractivity contribution in [1.82, 2.24) is 10.6 Å². The zero-order valence-electron chi connectivity index (χ0n) is 16.2. The van der Waals surface area contributed by atoms with Crippen molar-refractivity contribution in [3.8, 4) is 0 Å². The fraction of sp³-hybridized carbons (Fsp3) is 0.619. The van der Waals surface area contributed by atoms with Crippen molar-refractivity contribution in [3.63, 3.8) is 0 Å². The molecule has 2 rings (SSSR count). The van der Waals surface area contributed by atoms with Gasteiger partial charge in [-0.1, -0.05) is 49.6 Å². The predicted octanol–water partition coefficient (Wildman–Crippen LogP) is 3.40. The van der Waals surface area contributed by atoms with Gasteiger partial charge in [0.2, 0.25) is 0 Å². The van der Waals surface area contributed by atoms with Gasteiger partial charge in [-0.3, -0.25) is 9.79 Å². The summed E-state index contributed by atoms with van der Waals surface area (Å²) in [5.41, 5.74) is 1.66. The molecule has 0 amide bonds. The van der Waals surface area contributed by atoms with Crippen molar-refractivity contribution in [3.05, 3.63) is 35.9 Å². The quantitative estimate of drug-likeness (QED) is 0.307. The summed E-state index contributed by atoms with van der Waals surface area (Å²) in [6, 6.07) is 10.9. The number of guanidine groups is 1. The molecule has 0 aromatic heterocycles. The second kappa shape index (κ2) is 10.8. The van der Waals surface area contributed by atoms with Gasteiger partial charge in [0.15, 0.2) is 5.96 Å². The van der Waals surface area contributed by atoms with E-state index in [-0.39, 0.29) is 11.4 Å². The molecule has 2 N–H and O–H groups in total. The predicted molar refractivity (Wildman–Crippen MR) is 106 cm³/mol. The van der Waals surface area contributed by atoms with Crippen molar-refractivity contribution in [2.24, 2.45) is 4.99 Å². The molecule has 1 aromatic carbocycles. The number of carbonyl (C=O) groups is 1. The molecular weight excluding hydrogens is 326 g/mol. The van der Waals surface area contributed by atoms with Crippen LogP contribution in [-0.4, -0.2) is 39.2 Å². The summed E-state index contributed by atoms with van der Waals surface area (Å²) in [5.74, 6) is 0.735. The highest BCUT2D eigenvalue weighted by molar-refractivity contribution is 5.79. The first-order chi connectivity index (χ1) is 12.7. The first kappa shape index (κ1) is 20.3. The Morgan fingerprint density at radius 1 is 1.12 bits per heavy atom. The zero-order chi connectivity index (χ0) is 18.7. The van der Waals surface area contributed by atoms with Gasteiger partial charge in [-0.2, -0.15) is 0 Å². The SMILES string of the molecule is CN=C(NCCCCCC(=O)OC)NCC1(c2ccccc2)CCCC1. The molecule has 1 aliphatic rings. The third-order valence-corrected chi connectivity index (χ3v) is 5.34. The van der Waals surface area contributed by atoms with Crippen LogP contribution in [0.1, 0.15) is 56.9 Å². The number of unbranched alkanes of at least 4 members (excludes halogenated alkanes) is 2. The van der Waals surface area contributed by atoms with Gasteiger partial charge in [-0.15, -0.1) is 0 Å². The minimum atomic E-state index is -0.127. The zero-order valence-corrected chi connectivity index (χ0v) is 16.2. The molecule has 0 heterocycles. The van der Waals surface area contributed by atoms with Crippen molar-refractivity contribution in [2.45, 2.75) is 56.8 Å². The fourth-order valence-corrected chi connectivity index (χ4v) is 3.76. The Labute approximate surface area is 157 Å². The molecule has 0 atom stereocenters.